The maximum atomic E-state index is 10.2. The molecule has 0 aliphatic carbocycles. The second-order valence-corrected chi connectivity index (χ2v) is 3.00. The highest BCUT2D eigenvalue weighted by atomic mass is 16.6. The molecular weight excluding hydrogens is 160 g/mol. The number of carboxylic acid groups (broad SMARTS) is 1. The molecule has 0 saturated carbocycles. The van der Waals surface area contributed by atoms with Crippen LogP contribution in [0.25, 0.3) is 0 Å². The zero-order valence-corrected chi connectivity index (χ0v) is 7.41. The molecule has 1 atom stereocenters. The van der Waals surface area contributed by atoms with Crippen LogP contribution < -0.4 is 11.2 Å². The van der Waals surface area contributed by atoms with Crippen LogP contribution in [0.15, 0.2) is 0 Å². The van der Waals surface area contributed by atoms with Crippen LogP contribution in [0.3, 0.4) is 0 Å². The molecule has 0 bridgehead atoms. The van der Waals surface area contributed by atoms with E-state index in [4.69, 9.17) is 15.7 Å². The average Bonchev–Trinajstić information content (AvgIpc) is 1.97. The zero-order valence-electron chi connectivity index (χ0n) is 7.41. The number of hydrogen-bond acceptors (Lipinski definition) is 4. The molecule has 0 aromatic rings. The van der Waals surface area contributed by atoms with Gasteiger partial charge in [-0.2, -0.15) is 0 Å². The van der Waals surface area contributed by atoms with E-state index < -0.39 is 12.0 Å². The number of hydrogen-bond donors (Lipinski definition) is 3. The van der Waals surface area contributed by atoms with Crippen LogP contribution in [0.1, 0.15) is 13.8 Å². The predicted molar refractivity (Wildman–Crippen MR) is 44.4 cm³/mol. The summed E-state index contributed by atoms with van der Waals surface area (Å²) in [5.41, 5.74) is 7.68. The molecule has 0 fully saturated rings. The third-order valence-corrected chi connectivity index (χ3v) is 1.14. The summed E-state index contributed by atoms with van der Waals surface area (Å²) in [5, 5.41) is 8.37. The van der Waals surface area contributed by atoms with Gasteiger partial charge in [0.05, 0.1) is 6.61 Å². The molecule has 0 aromatic heterocycles. The summed E-state index contributed by atoms with van der Waals surface area (Å²) in [6.07, 6.45) is 0. The lowest BCUT2D eigenvalue weighted by atomic mass is 10.2. The smallest absolute Gasteiger partial charge is 0.321 e. The van der Waals surface area contributed by atoms with Gasteiger partial charge in [0.2, 0.25) is 0 Å². The molecule has 4 N–H and O–H groups in total. The van der Waals surface area contributed by atoms with Crippen LogP contribution in [0.2, 0.25) is 0 Å². The monoisotopic (exact) mass is 176 g/mol. The van der Waals surface area contributed by atoms with Gasteiger partial charge in [-0.05, 0) is 5.92 Å². The van der Waals surface area contributed by atoms with Crippen molar-refractivity contribution in [2.45, 2.75) is 19.9 Å². The normalized spacial score (nSPS) is 13.3. The molecule has 0 saturated heterocycles. The van der Waals surface area contributed by atoms with E-state index in [1.54, 1.807) is 0 Å². The van der Waals surface area contributed by atoms with Gasteiger partial charge >= 0.3 is 5.97 Å². The van der Waals surface area contributed by atoms with E-state index in [9.17, 15) is 4.79 Å². The van der Waals surface area contributed by atoms with E-state index in [2.05, 4.69) is 5.48 Å². The number of carboxylic acids is 1. The van der Waals surface area contributed by atoms with Gasteiger partial charge in [-0.3, -0.25) is 4.79 Å². The van der Waals surface area contributed by atoms with Crippen LogP contribution in [-0.4, -0.2) is 30.3 Å². The molecule has 12 heavy (non-hydrogen) atoms. The Morgan fingerprint density at radius 3 is 2.67 bits per heavy atom. The third kappa shape index (κ3) is 6.09. The standard InChI is InChI=1S/C7H16N2O3/c1-5(2)4-12-9-3-6(8)7(10)11/h5-6,9H,3-4,8H2,1-2H3,(H,10,11). The first-order valence-corrected chi connectivity index (χ1v) is 3.87. The fraction of sp³-hybridized carbons (Fsp3) is 0.857. The molecular formula is C7H16N2O3. The molecule has 72 valence electrons. The van der Waals surface area contributed by atoms with Crippen molar-refractivity contribution in [3.63, 3.8) is 0 Å². The maximum absolute atomic E-state index is 10.2. The topological polar surface area (TPSA) is 84.6 Å². The van der Waals surface area contributed by atoms with Gasteiger partial charge in [0.15, 0.2) is 0 Å². The summed E-state index contributed by atoms with van der Waals surface area (Å²) < 4.78 is 0. The number of hydroxylamine groups is 1. The molecule has 0 amide bonds. The van der Waals surface area contributed by atoms with Crippen molar-refractivity contribution in [2.75, 3.05) is 13.2 Å². The highest BCUT2D eigenvalue weighted by Crippen LogP contribution is 1.89. The van der Waals surface area contributed by atoms with Crippen molar-refractivity contribution in [3.8, 4) is 0 Å². The number of nitrogens with two attached hydrogens (primary N) is 1. The van der Waals surface area contributed by atoms with Crippen LogP contribution in [0.4, 0.5) is 0 Å². The first kappa shape index (κ1) is 11.4. The van der Waals surface area contributed by atoms with Gasteiger partial charge in [-0.15, -0.1) is 0 Å². The third-order valence-electron chi connectivity index (χ3n) is 1.14. The van der Waals surface area contributed by atoms with E-state index >= 15 is 0 Å². The quantitative estimate of drug-likeness (QED) is 0.378. The van der Waals surface area contributed by atoms with Crippen LogP contribution in [-0.2, 0) is 9.63 Å². The van der Waals surface area contributed by atoms with Crippen molar-refractivity contribution in [2.24, 2.45) is 11.7 Å². The van der Waals surface area contributed by atoms with Gasteiger partial charge in [-0.1, -0.05) is 13.8 Å². The Labute approximate surface area is 71.8 Å². The number of carbonyl (C=O) groups is 1. The summed E-state index contributed by atoms with van der Waals surface area (Å²) in [7, 11) is 0. The van der Waals surface area contributed by atoms with E-state index in [1.807, 2.05) is 13.8 Å². The second kappa shape index (κ2) is 5.93. The lowest BCUT2D eigenvalue weighted by Gasteiger charge is -2.09. The van der Waals surface area contributed by atoms with Gasteiger partial charge in [0.1, 0.15) is 6.04 Å². The highest BCUT2D eigenvalue weighted by Gasteiger charge is 2.09. The van der Waals surface area contributed by atoms with Crippen LogP contribution in [0, 0.1) is 5.92 Å². The number of aliphatic carboxylic acids is 1. The minimum absolute atomic E-state index is 0.127. The lowest BCUT2D eigenvalue weighted by molar-refractivity contribution is -0.139. The molecule has 1 unspecified atom stereocenters. The minimum atomic E-state index is -1.03. The first-order chi connectivity index (χ1) is 5.54. The Morgan fingerprint density at radius 1 is 1.67 bits per heavy atom. The van der Waals surface area contributed by atoms with Crippen LogP contribution >= 0.6 is 0 Å². The van der Waals surface area contributed by atoms with Crippen molar-refractivity contribution >= 4 is 5.97 Å². The Kier molecular flexibility index (Phi) is 5.61. The minimum Gasteiger partial charge on any atom is -0.480 e. The van der Waals surface area contributed by atoms with Crippen LogP contribution in [0.5, 0.6) is 0 Å². The fourth-order valence-electron chi connectivity index (χ4n) is 0.462. The summed E-state index contributed by atoms with van der Waals surface area (Å²) in [6, 6.07) is -0.905. The van der Waals surface area contributed by atoms with Gasteiger partial charge < -0.3 is 15.7 Å². The number of nitrogens with one attached hydrogen (secondary N) is 1. The Bertz CT molecular complexity index is 139. The SMILES string of the molecule is CC(C)CONCC(N)C(=O)O. The second-order valence-electron chi connectivity index (χ2n) is 3.00. The largest absolute Gasteiger partial charge is 0.480 e. The molecule has 0 aromatic carbocycles. The van der Waals surface area contributed by atoms with Gasteiger partial charge in [0.25, 0.3) is 0 Å². The predicted octanol–water partition coefficient (Wildman–Crippen LogP) is -0.424. The Hall–Kier alpha value is -0.650. The molecule has 0 radical (unpaired) electrons. The maximum Gasteiger partial charge on any atom is 0.321 e. The Morgan fingerprint density at radius 2 is 2.25 bits per heavy atom. The molecule has 0 rings (SSSR count). The molecule has 0 aliphatic rings. The van der Waals surface area contributed by atoms with Crippen molar-refractivity contribution in [1.82, 2.24) is 5.48 Å². The summed E-state index contributed by atoms with van der Waals surface area (Å²) in [4.78, 5) is 15.1. The van der Waals surface area contributed by atoms with E-state index in [0.717, 1.165) is 0 Å². The lowest BCUT2D eigenvalue weighted by Crippen LogP contribution is -2.40. The van der Waals surface area contributed by atoms with E-state index in [1.165, 1.54) is 0 Å². The van der Waals surface area contributed by atoms with Gasteiger partial charge in [-0.25, -0.2) is 5.48 Å². The van der Waals surface area contributed by atoms with Crippen molar-refractivity contribution < 1.29 is 14.7 Å². The van der Waals surface area contributed by atoms with E-state index in [0.29, 0.717) is 12.5 Å². The van der Waals surface area contributed by atoms with Gasteiger partial charge in [0, 0.05) is 6.54 Å². The Balaban J connectivity index is 3.25. The summed E-state index contributed by atoms with van der Waals surface area (Å²) in [6.45, 7) is 4.67. The first-order valence-electron chi connectivity index (χ1n) is 3.87. The van der Waals surface area contributed by atoms with Crippen molar-refractivity contribution in [1.29, 1.82) is 0 Å². The zero-order chi connectivity index (χ0) is 9.56. The highest BCUT2D eigenvalue weighted by molar-refractivity contribution is 5.73. The molecule has 5 nitrogen and oxygen atoms in total. The fourth-order valence-corrected chi connectivity index (χ4v) is 0.462. The average molecular weight is 176 g/mol. The molecule has 0 heterocycles. The van der Waals surface area contributed by atoms with E-state index in [-0.39, 0.29) is 6.54 Å². The van der Waals surface area contributed by atoms with Crippen molar-refractivity contribution in [3.05, 3.63) is 0 Å². The molecule has 0 spiro atoms. The number of rotatable bonds is 6. The molecule has 5 heteroatoms. The summed E-state index contributed by atoms with van der Waals surface area (Å²) in [5.74, 6) is -0.616. The molecule has 0 aliphatic heterocycles. The summed E-state index contributed by atoms with van der Waals surface area (Å²) >= 11 is 0.